The standard InChI is InChI=1S/C24H25F3N6O2/c25-21-15(4-18-2-1-13(6-28-18)23-31-32-24(35-23)22(26)27)3-14(5-20(21)16-7-29-30-8-16)17-9-33(10-17)19-11-34-12-19/h1-2,6-8,14-15,17,19,22H,3-5,9-12H2,(H,29,30). The number of pyridine rings is 1. The van der Waals surface area contributed by atoms with Crippen LogP contribution in [0.1, 0.15) is 36.4 Å². The van der Waals surface area contributed by atoms with E-state index in [4.69, 9.17) is 9.15 Å². The molecule has 3 aromatic rings. The highest BCUT2D eigenvalue weighted by atomic mass is 19.3. The van der Waals surface area contributed by atoms with Crippen LogP contribution in [0.4, 0.5) is 13.2 Å². The second kappa shape index (κ2) is 9.19. The minimum atomic E-state index is -2.83. The Kier molecular flexibility index (Phi) is 5.89. The average molecular weight is 486 g/mol. The Morgan fingerprint density at radius 3 is 2.57 bits per heavy atom. The van der Waals surface area contributed by atoms with E-state index in [0.717, 1.165) is 49.6 Å². The number of likely N-dealkylation sites (tertiary alicyclic amines) is 1. The topological polar surface area (TPSA) is 93.0 Å². The van der Waals surface area contributed by atoms with Crippen molar-refractivity contribution < 1.29 is 22.3 Å². The van der Waals surface area contributed by atoms with Crippen LogP contribution in [0.3, 0.4) is 0 Å². The van der Waals surface area contributed by atoms with Crippen molar-refractivity contribution in [1.82, 2.24) is 30.3 Å². The van der Waals surface area contributed by atoms with Crippen LogP contribution in [-0.4, -0.2) is 62.6 Å². The molecular weight excluding hydrogens is 461 g/mol. The fourth-order valence-electron chi connectivity index (χ4n) is 5.30. The van der Waals surface area contributed by atoms with Crippen molar-refractivity contribution >= 4 is 5.57 Å². The Bertz CT molecular complexity index is 1190. The minimum Gasteiger partial charge on any atom is -0.415 e. The Hall–Kier alpha value is -3.05. The minimum absolute atomic E-state index is 0.0169. The van der Waals surface area contributed by atoms with E-state index in [9.17, 15) is 8.78 Å². The van der Waals surface area contributed by atoms with Gasteiger partial charge in [0.15, 0.2) is 0 Å². The summed E-state index contributed by atoms with van der Waals surface area (Å²) in [5.74, 6) is -0.216. The summed E-state index contributed by atoms with van der Waals surface area (Å²) in [6, 6.07) is 3.98. The summed E-state index contributed by atoms with van der Waals surface area (Å²) in [6.45, 7) is 3.68. The van der Waals surface area contributed by atoms with Gasteiger partial charge in [0, 0.05) is 42.7 Å². The van der Waals surface area contributed by atoms with E-state index >= 15 is 4.39 Å². The van der Waals surface area contributed by atoms with Gasteiger partial charge >= 0.3 is 6.43 Å². The van der Waals surface area contributed by atoms with Crippen LogP contribution in [0.5, 0.6) is 0 Å². The molecule has 5 heterocycles. The summed E-state index contributed by atoms with van der Waals surface area (Å²) in [6.07, 6.45) is 4.02. The summed E-state index contributed by atoms with van der Waals surface area (Å²) in [5.41, 5.74) is 2.69. The maximum absolute atomic E-state index is 15.7. The first kappa shape index (κ1) is 22.4. The lowest BCUT2D eigenvalue weighted by Gasteiger charge is -2.51. The highest BCUT2D eigenvalue weighted by Gasteiger charge is 2.43. The number of hydrogen-bond donors (Lipinski definition) is 1. The molecule has 0 spiro atoms. The number of nitrogens with one attached hydrogen (secondary N) is 1. The predicted molar refractivity (Wildman–Crippen MR) is 119 cm³/mol. The Morgan fingerprint density at radius 2 is 1.94 bits per heavy atom. The van der Waals surface area contributed by atoms with Crippen LogP contribution < -0.4 is 0 Å². The van der Waals surface area contributed by atoms with Crippen LogP contribution in [0.2, 0.25) is 0 Å². The van der Waals surface area contributed by atoms with Gasteiger partial charge < -0.3 is 9.15 Å². The molecule has 2 saturated heterocycles. The van der Waals surface area contributed by atoms with E-state index in [-0.39, 0.29) is 17.6 Å². The molecule has 0 amide bonds. The van der Waals surface area contributed by atoms with Crippen LogP contribution >= 0.6 is 0 Å². The van der Waals surface area contributed by atoms with E-state index in [1.807, 2.05) is 0 Å². The molecule has 184 valence electrons. The predicted octanol–water partition coefficient (Wildman–Crippen LogP) is 4.07. The van der Waals surface area contributed by atoms with Gasteiger partial charge in [-0.05, 0) is 48.8 Å². The molecule has 2 atom stereocenters. The first-order valence-corrected chi connectivity index (χ1v) is 11.8. The number of ether oxygens (including phenoxy) is 1. The summed E-state index contributed by atoms with van der Waals surface area (Å²) >= 11 is 0. The van der Waals surface area contributed by atoms with Crippen LogP contribution in [0.15, 0.2) is 41.0 Å². The normalized spacial score (nSPS) is 24.1. The van der Waals surface area contributed by atoms with Crippen molar-refractivity contribution in [1.29, 1.82) is 0 Å². The van der Waals surface area contributed by atoms with Gasteiger partial charge in [-0.2, -0.15) is 13.9 Å². The van der Waals surface area contributed by atoms with Gasteiger partial charge in [-0.25, -0.2) is 4.39 Å². The second-order valence-corrected chi connectivity index (χ2v) is 9.60. The molecule has 0 aromatic carbocycles. The lowest BCUT2D eigenvalue weighted by atomic mass is 9.70. The van der Waals surface area contributed by atoms with Crippen molar-refractivity contribution in [2.75, 3.05) is 26.3 Å². The lowest BCUT2D eigenvalue weighted by molar-refractivity contribution is -0.111. The highest BCUT2D eigenvalue weighted by molar-refractivity contribution is 5.68. The Labute approximate surface area is 199 Å². The van der Waals surface area contributed by atoms with Gasteiger partial charge in [0.25, 0.3) is 5.89 Å². The molecule has 3 aliphatic rings. The SMILES string of the molecule is FC1=C(c2cn[nH]c2)CC(C2CN(C3COC3)C2)CC1Cc1ccc(-c2nnc(C(F)F)o2)cn1. The van der Waals surface area contributed by atoms with Gasteiger partial charge in [0.1, 0.15) is 5.83 Å². The Morgan fingerprint density at radius 1 is 1.09 bits per heavy atom. The fourth-order valence-corrected chi connectivity index (χ4v) is 5.30. The molecule has 0 bridgehead atoms. The van der Waals surface area contributed by atoms with E-state index in [0.29, 0.717) is 36.3 Å². The van der Waals surface area contributed by atoms with E-state index in [1.165, 1.54) is 6.20 Å². The van der Waals surface area contributed by atoms with Crippen molar-refractivity contribution in [3.63, 3.8) is 0 Å². The third kappa shape index (κ3) is 4.38. The maximum atomic E-state index is 15.7. The number of allylic oxidation sites excluding steroid dienone is 2. The molecule has 0 saturated carbocycles. The molecular formula is C24H25F3N6O2. The molecule has 2 aliphatic heterocycles. The van der Waals surface area contributed by atoms with Gasteiger partial charge in [0.2, 0.25) is 5.89 Å². The number of rotatable bonds is 7. The Balaban J connectivity index is 1.19. The number of H-pyrrole nitrogens is 1. The zero-order valence-corrected chi connectivity index (χ0v) is 18.9. The van der Waals surface area contributed by atoms with E-state index < -0.39 is 12.3 Å². The monoisotopic (exact) mass is 486 g/mol. The summed E-state index contributed by atoms with van der Waals surface area (Å²) in [4.78, 5) is 6.90. The summed E-state index contributed by atoms with van der Waals surface area (Å²) in [7, 11) is 0. The molecule has 1 N–H and O–H groups in total. The van der Waals surface area contributed by atoms with E-state index in [1.54, 1.807) is 24.5 Å². The van der Waals surface area contributed by atoms with Gasteiger partial charge in [-0.15, -0.1) is 10.2 Å². The molecule has 2 fully saturated rings. The molecule has 8 nitrogen and oxygen atoms in total. The third-order valence-corrected chi connectivity index (χ3v) is 7.44. The molecule has 2 unspecified atom stereocenters. The highest BCUT2D eigenvalue weighted by Crippen LogP contribution is 2.46. The van der Waals surface area contributed by atoms with Crippen molar-refractivity contribution in [3.8, 4) is 11.5 Å². The molecule has 6 rings (SSSR count). The maximum Gasteiger partial charge on any atom is 0.314 e. The third-order valence-electron chi connectivity index (χ3n) is 7.44. The largest absolute Gasteiger partial charge is 0.415 e. The number of nitrogens with zero attached hydrogens (tertiary/aromatic N) is 5. The van der Waals surface area contributed by atoms with Crippen molar-refractivity contribution in [2.45, 2.75) is 31.7 Å². The summed E-state index contributed by atoms with van der Waals surface area (Å²) < 4.78 is 51.5. The summed E-state index contributed by atoms with van der Waals surface area (Å²) in [5, 5.41) is 13.8. The number of aromatic nitrogens is 5. The van der Waals surface area contributed by atoms with Crippen LogP contribution in [-0.2, 0) is 11.2 Å². The van der Waals surface area contributed by atoms with Crippen molar-refractivity contribution in [3.05, 3.63) is 53.7 Å². The average Bonchev–Trinajstić information content (AvgIpc) is 3.49. The molecule has 3 aromatic heterocycles. The van der Waals surface area contributed by atoms with Gasteiger partial charge in [-0.1, -0.05) is 0 Å². The molecule has 35 heavy (non-hydrogen) atoms. The van der Waals surface area contributed by atoms with Gasteiger partial charge in [-0.3, -0.25) is 15.0 Å². The lowest BCUT2D eigenvalue weighted by Crippen LogP contribution is -2.60. The molecule has 11 heteroatoms. The first-order valence-electron chi connectivity index (χ1n) is 11.8. The van der Waals surface area contributed by atoms with Crippen LogP contribution in [0, 0.1) is 17.8 Å². The van der Waals surface area contributed by atoms with Crippen molar-refractivity contribution in [2.24, 2.45) is 17.8 Å². The number of alkyl halides is 2. The number of halogens is 3. The molecule has 1 aliphatic carbocycles. The van der Waals surface area contributed by atoms with E-state index in [2.05, 4.69) is 30.3 Å². The number of hydrogen-bond acceptors (Lipinski definition) is 7. The van der Waals surface area contributed by atoms with Gasteiger partial charge in [0.05, 0.1) is 31.0 Å². The zero-order valence-electron chi connectivity index (χ0n) is 18.9. The zero-order chi connectivity index (χ0) is 23.9. The second-order valence-electron chi connectivity index (χ2n) is 9.60. The van der Waals surface area contributed by atoms with Crippen LogP contribution in [0.25, 0.3) is 17.0 Å². The quantitative estimate of drug-likeness (QED) is 0.538. The fraction of sp³-hybridized carbons (Fsp3) is 0.500. The molecule has 0 radical (unpaired) electrons. The first-order chi connectivity index (χ1) is 17.0. The number of aromatic amines is 1. The smallest absolute Gasteiger partial charge is 0.314 e.